The standard InChI is InChI=1S/C13H17F2NO2/c1-8(2)7-16-13(3,12(17)18)10-6-9(14)4-5-11(10)15/h4-6,8,16H,7H2,1-3H3,(H,17,18). The fraction of sp³-hybridized carbons (Fsp3) is 0.462. The molecule has 0 radical (unpaired) electrons. The molecule has 1 unspecified atom stereocenters. The molecule has 0 saturated carbocycles. The van der Waals surface area contributed by atoms with Gasteiger partial charge in [0.2, 0.25) is 0 Å². The molecule has 0 aliphatic carbocycles. The van der Waals surface area contributed by atoms with Gasteiger partial charge in [-0.3, -0.25) is 5.32 Å². The Bertz CT molecular complexity index is 449. The molecule has 1 rings (SSSR count). The van der Waals surface area contributed by atoms with Gasteiger partial charge in [-0.25, -0.2) is 13.6 Å². The fourth-order valence-electron chi connectivity index (χ4n) is 1.57. The summed E-state index contributed by atoms with van der Waals surface area (Å²) in [6.45, 7) is 5.52. The minimum Gasteiger partial charge on any atom is -0.480 e. The average Bonchev–Trinajstić information content (AvgIpc) is 2.29. The number of hydrogen-bond donors (Lipinski definition) is 2. The molecule has 0 aliphatic heterocycles. The van der Waals surface area contributed by atoms with Crippen molar-refractivity contribution in [3.63, 3.8) is 0 Å². The van der Waals surface area contributed by atoms with Gasteiger partial charge in [-0.2, -0.15) is 0 Å². The van der Waals surface area contributed by atoms with Gasteiger partial charge in [0.25, 0.3) is 0 Å². The predicted molar refractivity (Wildman–Crippen MR) is 64.2 cm³/mol. The van der Waals surface area contributed by atoms with Gasteiger partial charge in [-0.1, -0.05) is 13.8 Å². The van der Waals surface area contributed by atoms with E-state index in [4.69, 9.17) is 0 Å². The summed E-state index contributed by atoms with van der Waals surface area (Å²) in [5, 5.41) is 12.0. The van der Waals surface area contributed by atoms with Gasteiger partial charge in [0.15, 0.2) is 0 Å². The van der Waals surface area contributed by atoms with Gasteiger partial charge >= 0.3 is 5.97 Å². The summed E-state index contributed by atoms with van der Waals surface area (Å²) >= 11 is 0. The van der Waals surface area contributed by atoms with Gasteiger partial charge in [0.05, 0.1) is 0 Å². The quantitative estimate of drug-likeness (QED) is 0.852. The number of nitrogens with one attached hydrogen (secondary N) is 1. The van der Waals surface area contributed by atoms with E-state index in [1.807, 2.05) is 13.8 Å². The number of carboxylic acids is 1. The maximum Gasteiger partial charge on any atom is 0.328 e. The Hall–Kier alpha value is -1.49. The lowest BCUT2D eigenvalue weighted by Gasteiger charge is -2.28. The molecule has 1 atom stereocenters. The molecule has 0 saturated heterocycles. The van der Waals surface area contributed by atoms with E-state index < -0.39 is 23.1 Å². The molecule has 1 aromatic rings. The molecule has 18 heavy (non-hydrogen) atoms. The number of aliphatic carboxylic acids is 1. The van der Waals surface area contributed by atoms with Crippen LogP contribution in [0.25, 0.3) is 0 Å². The Morgan fingerprint density at radius 2 is 2.06 bits per heavy atom. The van der Waals surface area contributed by atoms with Crippen molar-refractivity contribution in [3.8, 4) is 0 Å². The van der Waals surface area contributed by atoms with Crippen molar-refractivity contribution in [1.82, 2.24) is 5.32 Å². The lowest BCUT2D eigenvalue weighted by Crippen LogP contribution is -2.48. The van der Waals surface area contributed by atoms with Crippen LogP contribution in [0.2, 0.25) is 0 Å². The lowest BCUT2D eigenvalue weighted by molar-refractivity contribution is -0.144. The highest BCUT2D eigenvalue weighted by molar-refractivity contribution is 5.80. The second-order valence-electron chi connectivity index (χ2n) is 4.83. The first-order chi connectivity index (χ1) is 8.27. The molecule has 0 aromatic heterocycles. The van der Waals surface area contributed by atoms with Crippen molar-refractivity contribution in [3.05, 3.63) is 35.4 Å². The first-order valence-electron chi connectivity index (χ1n) is 5.71. The van der Waals surface area contributed by atoms with E-state index in [-0.39, 0.29) is 11.5 Å². The number of carbonyl (C=O) groups is 1. The Kier molecular flexibility index (Phi) is 4.40. The van der Waals surface area contributed by atoms with Crippen LogP contribution in [0.5, 0.6) is 0 Å². The van der Waals surface area contributed by atoms with E-state index in [0.717, 1.165) is 18.2 Å². The second-order valence-corrected chi connectivity index (χ2v) is 4.83. The van der Waals surface area contributed by atoms with E-state index in [9.17, 15) is 18.7 Å². The van der Waals surface area contributed by atoms with Crippen LogP contribution in [0.15, 0.2) is 18.2 Å². The maximum absolute atomic E-state index is 13.7. The third-order valence-electron chi connectivity index (χ3n) is 2.76. The number of carboxylic acid groups (broad SMARTS) is 1. The van der Waals surface area contributed by atoms with Crippen LogP contribution >= 0.6 is 0 Å². The van der Waals surface area contributed by atoms with Crippen LogP contribution in [0.1, 0.15) is 26.3 Å². The molecular formula is C13H17F2NO2. The van der Waals surface area contributed by atoms with Crippen LogP contribution < -0.4 is 5.32 Å². The molecule has 2 N–H and O–H groups in total. The lowest BCUT2D eigenvalue weighted by atomic mass is 9.91. The molecule has 0 spiro atoms. The third kappa shape index (κ3) is 3.04. The molecule has 5 heteroatoms. The number of hydrogen-bond acceptors (Lipinski definition) is 2. The Morgan fingerprint density at radius 1 is 1.44 bits per heavy atom. The van der Waals surface area contributed by atoms with Crippen molar-refractivity contribution >= 4 is 5.97 Å². The zero-order chi connectivity index (χ0) is 13.9. The highest BCUT2D eigenvalue weighted by Crippen LogP contribution is 2.25. The van der Waals surface area contributed by atoms with Crippen LogP contribution in [0.3, 0.4) is 0 Å². The van der Waals surface area contributed by atoms with Crippen LogP contribution in [-0.4, -0.2) is 17.6 Å². The number of rotatable bonds is 5. The molecule has 0 bridgehead atoms. The van der Waals surface area contributed by atoms with Gasteiger partial charge in [-0.15, -0.1) is 0 Å². The van der Waals surface area contributed by atoms with Crippen molar-refractivity contribution in [2.45, 2.75) is 26.3 Å². The molecule has 100 valence electrons. The molecule has 1 aromatic carbocycles. The number of benzene rings is 1. The topological polar surface area (TPSA) is 49.3 Å². The van der Waals surface area contributed by atoms with Crippen molar-refractivity contribution in [1.29, 1.82) is 0 Å². The normalized spacial score (nSPS) is 14.6. The SMILES string of the molecule is CC(C)CNC(C)(C(=O)O)c1cc(F)ccc1F. The summed E-state index contributed by atoms with van der Waals surface area (Å²) < 4.78 is 26.8. The minimum atomic E-state index is -1.64. The zero-order valence-electron chi connectivity index (χ0n) is 10.6. The summed E-state index contributed by atoms with van der Waals surface area (Å²) in [5.41, 5.74) is -1.84. The average molecular weight is 257 g/mol. The summed E-state index contributed by atoms with van der Waals surface area (Å²) in [7, 11) is 0. The maximum atomic E-state index is 13.7. The number of halogens is 2. The van der Waals surface area contributed by atoms with Crippen molar-refractivity contribution in [2.75, 3.05) is 6.54 Å². The van der Waals surface area contributed by atoms with Gasteiger partial charge in [0.1, 0.15) is 17.2 Å². The third-order valence-corrected chi connectivity index (χ3v) is 2.76. The van der Waals surface area contributed by atoms with Gasteiger partial charge < -0.3 is 5.11 Å². The van der Waals surface area contributed by atoms with E-state index in [0.29, 0.717) is 6.54 Å². The minimum absolute atomic E-state index is 0.195. The van der Waals surface area contributed by atoms with Gasteiger partial charge in [-0.05, 0) is 37.6 Å². The van der Waals surface area contributed by atoms with Crippen molar-refractivity contribution in [2.24, 2.45) is 5.92 Å². The van der Waals surface area contributed by atoms with E-state index >= 15 is 0 Å². The molecule has 0 heterocycles. The van der Waals surface area contributed by atoms with Gasteiger partial charge in [0, 0.05) is 5.56 Å². The summed E-state index contributed by atoms with van der Waals surface area (Å²) in [5.74, 6) is -2.45. The first kappa shape index (κ1) is 14.6. The molecular weight excluding hydrogens is 240 g/mol. The van der Waals surface area contributed by atoms with Crippen LogP contribution in [0, 0.1) is 17.6 Å². The molecule has 0 fully saturated rings. The first-order valence-corrected chi connectivity index (χ1v) is 5.71. The van der Waals surface area contributed by atoms with Crippen molar-refractivity contribution < 1.29 is 18.7 Å². The van der Waals surface area contributed by atoms with E-state index in [1.54, 1.807) is 0 Å². The van der Waals surface area contributed by atoms with E-state index in [1.165, 1.54) is 6.92 Å². The second kappa shape index (κ2) is 5.44. The Balaban J connectivity index is 3.18. The summed E-state index contributed by atoms with van der Waals surface area (Å²) in [6.07, 6.45) is 0. The largest absolute Gasteiger partial charge is 0.480 e. The molecule has 0 amide bonds. The summed E-state index contributed by atoms with van der Waals surface area (Å²) in [6, 6.07) is 2.81. The Labute approximate surface area is 105 Å². The summed E-state index contributed by atoms with van der Waals surface area (Å²) in [4.78, 5) is 11.3. The Morgan fingerprint density at radius 3 is 2.56 bits per heavy atom. The highest BCUT2D eigenvalue weighted by atomic mass is 19.1. The zero-order valence-corrected chi connectivity index (χ0v) is 10.6. The van der Waals surface area contributed by atoms with E-state index in [2.05, 4.69) is 5.32 Å². The molecule has 0 aliphatic rings. The van der Waals surface area contributed by atoms with Crippen LogP contribution in [-0.2, 0) is 10.3 Å². The fourth-order valence-corrected chi connectivity index (χ4v) is 1.57. The van der Waals surface area contributed by atoms with Crippen LogP contribution in [0.4, 0.5) is 8.78 Å². The smallest absolute Gasteiger partial charge is 0.328 e. The highest BCUT2D eigenvalue weighted by Gasteiger charge is 2.37. The molecule has 3 nitrogen and oxygen atoms in total. The monoisotopic (exact) mass is 257 g/mol. The predicted octanol–water partition coefficient (Wildman–Crippen LogP) is 2.51.